The van der Waals surface area contributed by atoms with E-state index in [9.17, 15) is 43.2 Å². The Morgan fingerprint density at radius 1 is 0.292 bits per heavy atom. The van der Waals surface area contributed by atoms with Crippen LogP contribution in [0.25, 0.3) is 0 Å². The smallest absolute Gasteiger partial charge is 0.462 e. The first-order valence-corrected chi connectivity index (χ1v) is 42.7. The maximum absolute atomic E-state index is 13.1. The Kier molecular flexibility index (Phi) is 65.0. The van der Waals surface area contributed by atoms with Crippen molar-refractivity contribution in [3.63, 3.8) is 0 Å². The monoisotopic (exact) mass is 1410 g/mol. The van der Waals surface area contributed by atoms with E-state index in [0.717, 1.165) is 114 Å². The topological polar surface area (TPSA) is 237 Å². The maximum atomic E-state index is 13.1. The lowest BCUT2D eigenvalue weighted by Gasteiger charge is -2.21. The molecule has 0 saturated carbocycles. The van der Waals surface area contributed by atoms with Gasteiger partial charge in [0, 0.05) is 25.7 Å². The first-order chi connectivity index (χ1) is 46.1. The number of phosphoric ester groups is 2. The molecule has 0 heterocycles. The zero-order valence-electron chi connectivity index (χ0n) is 63.0. The second-order valence-corrected chi connectivity index (χ2v) is 32.3. The van der Waals surface area contributed by atoms with Gasteiger partial charge in [-0.25, -0.2) is 9.13 Å². The van der Waals surface area contributed by atoms with Gasteiger partial charge in [-0.1, -0.05) is 338 Å². The predicted octanol–water partition coefficient (Wildman–Crippen LogP) is 22.4. The largest absolute Gasteiger partial charge is 0.472 e. The van der Waals surface area contributed by atoms with Crippen molar-refractivity contribution in [1.29, 1.82) is 0 Å². The van der Waals surface area contributed by atoms with E-state index in [1.54, 1.807) is 0 Å². The Labute approximate surface area is 588 Å². The number of hydrogen-bond donors (Lipinski definition) is 3. The van der Waals surface area contributed by atoms with Crippen LogP contribution in [0.4, 0.5) is 0 Å². The average molecular weight is 1410 g/mol. The molecule has 0 radical (unpaired) electrons. The standard InChI is InChI=1S/C77H150O17P2/c1-9-70(8)56-48-40-32-26-27-33-41-49-57-74(79)87-63-72(93-76(81)59-51-43-34-24-19-17-15-13-11-10-12-14-16-18-22-29-37-45-53-67(2)3)65-91-95(83,84)89-61-71(78)62-90-96(85,86)92-66-73(64-88-75(80)58-50-42-36-28-31-39-47-55-69(6)7)94-77(82)60-52-44-35-25-21-20-23-30-38-46-54-68(4)5/h67-73,78H,9-66H2,1-8H3,(H,83,84)(H,85,86)/t70?,71?,72-,73-/m1/s1. The lowest BCUT2D eigenvalue weighted by molar-refractivity contribution is -0.161. The van der Waals surface area contributed by atoms with Gasteiger partial charge in [-0.15, -0.1) is 0 Å². The highest BCUT2D eigenvalue weighted by Crippen LogP contribution is 2.45. The van der Waals surface area contributed by atoms with E-state index in [-0.39, 0.29) is 25.7 Å². The molecule has 570 valence electrons. The van der Waals surface area contributed by atoms with Crippen molar-refractivity contribution in [1.82, 2.24) is 0 Å². The molecule has 0 spiro atoms. The van der Waals surface area contributed by atoms with Crippen LogP contribution in [0, 0.1) is 23.7 Å². The van der Waals surface area contributed by atoms with Crippen molar-refractivity contribution in [3.8, 4) is 0 Å². The van der Waals surface area contributed by atoms with Gasteiger partial charge in [0.15, 0.2) is 12.2 Å². The van der Waals surface area contributed by atoms with Gasteiger partial charge >= 0.3 is 39.5 Å². The third-order valence-corrected chi connectivity index (χ3v) is 20.1. The van der Waals surface area contributed by atoms with Crippen molar-refractivity contribution >= 4 is 39.5 Å². The third-order valence-electron chi connectivity index (χ3n) is 18.2. The van der Waals surface area contributed by atoms with Gasteiger partial charge < -0.3 is 33.8 Å². The molecule has 6 atom stereocenters. The van der Waals surface area contributed by atoms with Gasteiger partial charge in [-0.2, -0.15) is 0 Å². The van der Waals surface area contributed by atoms with Crippen LogP contribution in [0.2, 0.25) is 0 Å². The Balaban J connectivity index is 5.21. The summed E-state index contributed by atoms with van der Waals surface area (Å²) in [6.45, 7) is 14.2. The molecule has 96 heavy (non-hydrogen) atoms. The molecule has 4 unspecified atom stereocenters. The highest BCUT2D eigenvalue weighted by Gasteiger charge is 2.30. The summed E-state index contributed by atoms with van der Waals surface area (Å²) in [5.41, 5.74) is 0. The Bertz CT molecular complexity index is 1890. The second-order valence-electron chi connectivity index (χ2n) is 29.4. The minimum Gasteiger partial charge on any atom is -0.462 e. The van der Waals surface area contributed by atoms with Gasteiger partial charge in [-0.3, -0.25) is 37.3 Å². The SMILES string of the molecule is CCC(C)CCCCCCCCCCC(=O)OC[C@H](COP(=O)(O)OCC(O)COP(=O)(O)OC[C@@H](COC(=O)CCCCCCCCCC(C)C)OC(=O)CCCCCCCCCCCCC(C)C)OC(=O)CCCCCCCCCCCCCCCCCCCCC(C)C. The summed E-state index contributed by atoms with van der Waals surface area (Å²) in [4.78, 5) is 72.8. The Morgan fingerprint density at radius 3 is 0.740 bits per heavy atom. The minimum absolute atomic E-state index is 0.105. The van der Waals surface area contributed by atoms with Crippen molar-refractivity contribution in [3.05, 3.63) is 0 Å². The highest BCUT2D eigenvalue weighted by atomic mass is 31.2. The number of unbranched alkanes of at least 4 members (excludes halogenated alkanes) is 39. The molecule has 0 rings (SSSR count). The molecule has 0 aliphatic heterocycles. The van der Waals surface area contributed by atoms with Gasteiger partial charge in [0.1, 0.15) is 19.3 Å². The summed E-state index contributed by atoms with van der Waals surface area (Å²) in [6, 6.07) is 0. The first-order valence-electron chi connectivity index (χ1n) is 39.7. The molecule has 0 aliphatic carbocycles. The van der Waals surface area contributed by atoms with Crippen LogP contribution in [-0.2, 0) is 65.4 Å². The molecule has 0 aromatic rings. The maximum Gasteiger partial charge on any atom is 0.472 e. The summed E-state index contributed by atoms with van der Waals surface area (Å²) in [7, 11) is -9.91. The van der Waals surface area contributed by atoms with E-state index in [0.29, 0.717) is 31.6 Å². The Morgan fingerprint density at radius 2 is 0.500 bits per heavy atom. The van der Waals surface area contributed by atoms with Crippen LogP contribution in [0.3, 0.4) is 0 Å². The summed E-state index contributed by atoms with van der Waals surface area (Å²) in [5, 5.41) is 10.6. The van der Waals surface area contributed by atoms with Crippen molar-refractivity contribution < 1.29 is 80.2 Å². The van der Waals surface area contributed by atoms with Crippen molar-refractivity contribution in [2.45, 2.75) is 408 Å². The summed E-state index contributed by atoms with van der Waals surface area (Å²) in [5.74, 6) is 0.933. The summed E-state index contributed by atoms with van der Waals surface area (Å²) >= 11 is 0. The highest BCUT2D eigenvalue weighted by molar-refractivity contribution is 7.47. The number of phosphoric acid groups is 2. The molecule has 0 aromatic heterocycles. The molecule has 0 fully saturated rings. The Hall–Kier alpha value is -1.94. The number of aliphatic hydroxyl groups is 1. The average Bonchev–Trinajstić information content (AvgIpc) is 1.19. The van der Waals surface area contributed by atoms with Gasteiger partial charge in [0.05, 0.1) is 26.4 Å². The number of ether oxygens (including phenoxy) is 4. The quantitative estimate of drug-likeness (QED) is 0.0222. The first kappa shape index (κ1) is 94.1. The minimum atomic E-state index is -4.96. The van der Waals surface area contributed by atoms with Crippen LogP contribution in [0.1, 0.15) is 389 Å². The fourth-order valence-electron chi connectivity index (χ4n) is 11.7. The molecule has 0 aromatic carbocycles. The van der Waals surface area contributed by atoms with Crippen LogP contribution in [0.5, 0.6) is 0 Å². The molecule has 0 amide bonds. The lowest BCUT2D eigenvalue weighted by Crippen LogP contribution is -2.30. The molecule has 17 nitrogen and oxygen atoms in total. The van der Waals surface area contributed by atoms with E-state index >= 15 is 0 Å². The number of aliphatic hydroxyl groups excluding tert-OH is 1. The fourth-order valence-corrected chi connectivity index (χ4v) is 13.3. The van der Waals surface area contributed by atoms with E-state index in [4.69, 9.17) is 37.0 Å². The van der Waals surface area contributed by atoms with Gasteiger partial charge in [0.25, 0.3) is 0 Å². The van der Waals surface area contributed by atoms with E-state index < -0.39 is 97.5 Å². The number of rotatable bonds is 74. The van der Waals surface area contributed by atoms with Crippen LogP contribution >= 0.6 is 15.6 Å². The van der Waals surface area contributed by atoms with E-state index in [2.05, 4.69) is 55.4 Å². The number of esters is 4. The van der Waals surface area contributed by atoms with Gasteiger partial charge in [0.2, 0.25) is 0 Å². The molecular weight excluding hydrogens is 1260 g/mol. The number of carbonyl (C=O) groups is 4. The summed E-state index contributed by atoms with van der Waals surface area (Å²) < 4.78 is 68.5. The van der Waals surface area contributed by atoms with E-state index in [1.807, 2.05) is 0 Å². The zero-order valence-corrected chi connectivity index (χ0v) is 64.8. The van der Waals surface area contributed by atoms with E-state index in [1.165, 1.54) is 186 Å². The van der Waals surface area contributed by atoms with Crippen molar-refractivity contribution in [2.75, 3.05) is 39.6 Å². The van der Waals surface area contributed by atoms with Crippen LogP contribution in [0.15, 0.2) is 0 Å². The van der Waals surface area contributed by atoms with Gasteiger partial charge in [-0.05, 0) is 49.4 Å². The molecule has 3 N–H and O–H groups in total. The second kappa shape index (κ2) is 66.3. The molecular formula is C77H150O17P2. The fraction of sp³-hybridized carbons (Fsp3) is 0.948. The lowest BCUT2D eigenvalue weighted by atomic mass is 9.99. The number of hydrogen-bond acceptors (Lipinski definition) is 15. The van der Waals surface area contributed by atoms with Crippen molar-refractivity contribution in [2.24, 2.45) is 23.7 Å². The normalized spacial score (nSPS) is 14.4. The molecule has 0 saturated heterocycles. The van der Waals surface area contributed by atoms with Crippen LogP contribution < -0.4 is 0 Å². The zero-order chi connectivity index (χ0) is 71.0. The molecule has 19 heteroatoms. The summed E-state index contributed by atoms with van der Waals surface area (Å²) in [6.07, 6.45) is 51.5. The molecule has 0 bridgehead atoms. The predicted molar refractivity (Wildman–Crippen MR) is 391 cm³/mol. The van der Waals surface area contributed by atoms with Crippen LogP contribution in [-0.4, -0.2) is 96.7 Å². The number of carbonyl (C=O) groups excluding carboxylic acids is 4. The third kappa shape index (κ3) is 69.2. The molecule has 0 aliphatic rings.